The Kier molecular flexibility index (Phi) is 4.19. The molecule has 1 aromatic rings. The Balaban J connectivity index is 2.71. The number of pyridine rings is 1. The second-order valence-electron chi connectivity index (χ2n) is 3.08. The van der Waals surface area contributed by atoms with Crippen LogP contribution in [0.4, 0.5) is 0 Å². The van der Waals surface area contributed by atoms with Crippen LogP contribution in [0.15, 0.2) is 22.8 Å². The van der Waals surface area contributed by atoms with Crippen molar-refractivity contribution in [3.8, 4) is 0 Å². The zero-order valence-electron chi connectivity index (χ0n) is 7.80. The van der Waals surface area contributed by atoms with Crippen molar-refractivity contribution >= 4 is 21.8 Å². The number of amides is 1. The molecule has 6 heteroatoms. The van der Waals surface area contributed by atoms with Crippen molar-refractivity contribution in [3.05, 3.63) is 28.5 Å². The molecule has 5 nitrogen and oxygen atoms in total. The largest absolute Gasteiger partial charge is 0.389 e. The summed E-state index contributed by atoms with van der Waals surface area (Å²) in [6, 6.07) is 3.24. The van der Waals surface area contributed by atoms with Gasteiger partial charge in [-0.25, -0.2) is 0 Å². The highest BCUT2D eigenvalue weighted by molar-refractivity contribution is 9.10. The standard InChI is InChI=1S/C9H11BrN2O3/c10-5-1-2-6(12-4-5)9(15)7(13)3-8(11)14/h1-2,4,7,9,13,15H,3H2,(H2,11,14). The van der Waals surface area contributed by atoms with Gasteiger partial charge in [-0.05, 0) is 28.1 Å². The molecule has 1 rings (SSSR count). The van der Waals surface area contributed by atoms with Gasteiger partial charge in [0, 0.05) is 10.7 Å². The van der Waals surface area contributed by atoms with E-state index in [-0.39, 0.29) is 6.42 Å². The number of carbonyl (C=O) groups excluding carboxylic acids is 1. The Morgan fingerprint density at radius 2 is 2.20 bits per heavy atom. The molecule has 0 aromatic carbocycles. The molecule has 1 aromatic heterocycles. The quantitative estimate of drug-likeness (QED) is 0.726. The summed E-state index contributed by atoms with van der Waals surface area (Å²) in [6.45, 7) is 0. The van der Waals surface area contributed by atoms with Crippen molar-refractivity contribution in [2.24, 2.45) is 5.73 Å². The van der Waals surface area contributed by atoms with Crippen LogP contribution in [-0.2, 0) is 4.79 Å². The topological polar surface area (TPSA) is 96.4 Å². The van der Waals surface area contributed by atoms with Crippen LogP contribution in [0.5, 0.6) is 0 Å². The van der Waals surface area contributed by atoms with Crippen molar-refractivity contribution in [1.82, 2.24) is 4.98 Å². The smallest absolute Gasteiger partial charge is 0.220 e. The number of primary amides is 1. The van der Waals surface area contributed by atoms with Gasteiger partial charge in [-0.15, -0.1) is 0 Å². The van der Waals surface area contributed by atoms with E-state index in [1.165, 1.54) is 6.20 Å². The summed E-state index contributed by atoms with van der Waals surface area (Å²) < 4.78 is 0.767. The molecule has 1 heterocycles. The first kappa shape index (κ1) is 12.1. The van der Waals surface area contributed by atoms with Gasteiger partial charge in [0.15, 0.2) is 0 Å². The number of hydrogen-bond acceptors (Lipinski definition) is 4. The van der Waals surface area contributed by atoms with E-state index in [1.54, 1.807) is 12.1 Å². The fourth-order valence-electron chi connectivity index (χ4n) is 1.08. The Bertz CT molecular complexity index is 342. The van der Waals surface area contributed by atoms with Crippen molar-refractivity contribution in [2.75, 3.05) is 0 Å². The molecule has 0 aliphatic carbocycles. The third kappa shape index (κ3) is 3.58. The predicted molar refractivity (Wildman–Crippen MR) is 56.7 cm³/mol. The molecule has 0 radical (unpaired) electrons. The molecule has 82 valence electrons. The maximum atomic E-state index is 10.5. The normalized spacial score (nSPS) is 14.6. The molecule has 0 saturated carbocycles. The number of halogens is 1. The third-order valence-corrected chi connectivity index (χ3v) is 2.30. The number of hydrogen-bond donors (Lipinski definition) is 3. The summed E-state index contributed by atoms with van der Waals surface area (Å²) in [5, 5.41) is 19.0. The van der Waals surface area contributed by atoms with E-state index in [2.05, 4.69) is 20.9 Å². The van der Waals surface area contributed by atoms with Crippen LogP contribution >= 0.6 is 15.9 Å². The molecule has 0 aliphatic rings. The van der Waals surface area contributed by atoms with E-state index >= 15 is 0 Å². The van der Waals surface area contributed by atoms with E-state index in [1.807, 2.05) is 0 Å². The summed E-state index contributed by atoms with van der Waals surface area (Å²) >= 11 is 3.19. The number of nitrogens with two attached hydrogens (primary N) is 1. The first-order valence-corrected chi connectivity index (χ1v) is 5.06. The van der Waals surface area contributed by atoms with Crippen LogP contribution in [-0.4, -0.2) is 27.2 Å². The average molecular weight is 275 g/mol. The molecule has 0 saturated heterocycles. The third-order valence-electron chi connectivity index (χ3n) is 1.83. The fraction of sp³-hybridized carbons (Fsp3) is 0.333. The minimum atomic E-state index is -1.23. The highest BCUT2D eigenvalue weighted by Gasteiger charge is 2.21. The molecule has 2 atom stereocenters. The second-order valence-corrected chi connectivity index (χ2v) is 4.00. The van der Waals surface area contributed by atoms with Crippen LogP contribution in [0.25, 0.3) is 0 Å². The fourth-order valence-corrected chi connectivity index (χ4v) is 1.31. The zero-order valence-corrected chi connectivity index (χ0v) is 9.39. The Labute approximate surface area is 95.1 Å². The Morgan fingerprint density at radius 1 is 1.53 bits per heavy atom. The number of carbonyl (C=O) groups is 1. The molecular formula is C9H11BrN2O3. The lowest BCUT2D eigenvalue weighted by Crippen LogP contribution is -2.26. The lowest BCUT2D eigenvalue weighted by molar-refractivity contribution is -0.121. The van der Waals surface area contributed by atoms with Gasteiger partial charge in [0.1, 0.15) is 6.10 Å². The minimum Gasteiger partial charge on any atom is -0.389 e. The van der Waals surface area contributed by atoms with Crippen LogP contribution < -0.4 is 5.73 Å². The predicted octanol–water partition coefficient (Wildman–Crippen LogP) is 0.114. The molecule has 2 unspecified atom stereocenters. The van der Waals surface area contributed by atoms with Crippen LogP contribution in [0.3, 0.4) is 0 Å². The molecule has 4 N–H and O–H groups in total. The van der Waals surface area contributed by atoms with Gasteiger partial charge in [0.25, 0.3) is 0 Å². The Morgan fingerprint density at radius 3 is 2.67 bits per heavy atom. The van der Waals surface area contributed by atoms with Crippen molar-refractivity contribution in [2.45, 2.75) is 18.6 Å². The van der Waals surface area contributed by atoms with Crippen molar-refractivity contribution in [3.63, 3.8) is 0 Å². The number of aromatic nitrogens is 1. The molecule has 0 bridgehead atoms. The summed E-state index contributed by atoms with van der Waals surface area (Å²) in [5.41, 5.74) is 5.19. The number of aliphatic hydroxyl groups is 2. The van der Waals surface area contributed by atoms with Gasteiger partial charge in [-0.1, -0.05) is 0 Å². The minimum absolute atomic E-state index is 0.293. The maximum Gasteiger partial charge on any atom is 0.220 e. The molecule has 0 spiro atoms. The van der Waals surface area contributed by atoms with E-state index < -0.39 is 18.1 Å². The summed E-state index contributed by atoms with van der Waals surface area (Å²) in [6.07, 6.45) is -1.23. The highest BCUT2D eigenvalue weighted by atomic mass is 79.9. The van der Waals surface area contributed by atoms with E-state index in [4.69, 9.17) is 5.73 Å². The maximum absolute atomic E-state index is 10.5. The van der Waals surface area contributed by atoms with Crippen LogP contribution in [0.2, 0.25) is 0 Å². The average Bonchev–Trinajstić information content (AvgIpc) is 2.17. The van der Waals surface area contributed by atoms with Gasteiger partial charge in [0.05, 0.1) is 18.2 Å². The van der Waals surface area contributed by atoms with Crippen LogP contribution in [0.1, 0.15) is 18.2 Å². The molecule has 0 aliphatic heterocycles. The van der Waals surface area contributed by atoms with Gasteiger partial charge in [-0.3, -0.25) is 9.78 Å². The van der Waals surface area contributed by atoms with Gasteiger partial charge in [-0.2, -0.15) is 0 Å². The second kappa shape index (κ2) is 5.20. The molecule has 15 heavy (non-hydrogen) atoms. The van der Waals surface area contributed by atoms with E-state index in [9.17, 15) is 15.0 Å². The lowest BCUT2D eigenvalue weighted by Gasteiger charge is -2.15. The first-order valence-electron chi connectivity index (χ1n) is 4.26. The SMILES string of the molecule is NC(=O)CC(O)C(O)c1ccc(Br)cn1. The van der Waals surface area contributed by atoms with E-state index in [0.717, 1.165) is 4.47 Å². The molecular weight excluding hydrogens is 264 g/mol. The highest BCUT2D eigenvalue weighted by Crippen LogP contribution is 2.18. The van der Waals surface area contributed by atoms with Gasteiger partial charge in [0.2, 0.25) is 5.91 Å². The monoisotopic (exact) mass is 274 g/mol. The summed E-state index contributed by atoms with van der Waals surface area (Å²) in [4.78, 5) is 14.4. The van der Waals surface area contributed by atoms with Gasteiger partial charge >= 0.3 is 0 Å². The van der Waals surface area contributed by atoms with Crippen LogP contribution in [0, 0.1) is 0 Å². The van der Waals surface area contributed by atoms with E-state index in [0.29, 0.717) is 5.69 Å². The number of nitrogens with zero attached hydrogens (tertiary/aromatic N) is 1. The first-order chi connectivity index (χ1) is 7.00. The molecule has 0 fully saturated rings. The lowest BCUT2D eigenvalue weighted by atomic mass is 10.1. The zero-order chi connectivity index (χ0) is 11.4. The number of aliphatic hydroxyl groups excluding tert-OH is 2. The molecule has 1 amide bonds. The van der Waals surface area contributed by atoms with Crippen molar-refractivity contribution in [1.29, 1.82) is 0 Å². The summed E-state index contributed by atoms with van der Waals surface area (Å²) in [7, 11) is 0. The van der Waals surface area contributed by atoms with Gasteiger partial charge < -0.3 is 15.9 Å². The number of rotatable bonds is 4. The Hall–Kier alpha value is -0.980. The summed E-state index contributed by atoms with van der Waals surface area (Å²) in [5.74, 6) is -0.668. The van der Waals surface area contributed by atoms with Crippen molar-refractivity contribution < 1.29 is 15.0 Å².